The van der Waals surface area contributed by atoms with Crippen LogP contribution in [-0.4, -0.2) is 57.7 Å². The molecular formula is C26H25N5O3. The van der Waals surface area contributed by atoms with Gasteiger partial charge in [-0.1, -0.05) is 36.4 Å². The summed E-state index contributed by atoms with van der Waals surface area (Å²) in [5.41, 5.74) is 8.50. The third kappa shape index (κ3) is 4.43. The van der Waals surface area contributed by atoms with Gasteiger partial charge in [-0.3, -0.25) is 4.79 Å². The largest absolute Gasteiger partial charge is 0.454 e. The Morgan fingerprint density at radius 2 is 1.68 bits per heavy atom. The van der Waals surface area contributed by atoms with E-state index in [0.29, 0.717) is 44.1 Å². The molecule has 3 amide bonds. The van der Waals surface area contributed by atoms with Crippen LogP contribution in [0.25, 0.3) is 34.2 Å². The molecule has 1 saturated heterocycles. The summed E-state index contributed by atoms with van der Waals surface area (Å²) < 4.78 is 7.84. The average Bonchev–Trinajstić information content (AvgIpc) is 3.39. The molecule has 2 N–H and O–H groups in total. The lowest BCUT2D eigenvalue weighted by Gasteiger charge is -2.19. The zero-order chi connectivity index (χ0) is 23.5. The summed E-state index contributed by atoms with van der Waals surface area (Å²) in [4.78, 5) is 27.7. The molecule has 0 aliphatic carbocycles. The molecule has 1 fully saturated rings. The van der Waals surface area contributed by atoms with Crippen LogP contribution in [0.15, 0.2) is 77.4 Å². The molecule has 0 atom stereocenters. The number of rotatable bonds is 4. The van der Waals surface area contributed by atoms with Gasteiger partial charge in [-0.05, 0) is 36.8 Å². The zero-order valence-electron chi connectivity index (χ0n) is 18.6. The number of para-hydroxylation sites is 2. The van der Waals surface area contributed by atoms with E-state index in [4.69, 9.17) is 15.2 Å². The molecule has 1 aliphatic heterocycles. The van der Waals surface area contributed by atoms with Crippen molar-refractivity contribution < 1.29 is 14.0 Å². The first-order valence-electron chi connectivity index (χ1n) is 11.2. The number of urea groups is 1. The maximum Gasteiger partial charge on any atom is 0.314 e. The molecule has 0 unspecified atom stereocenters. The van der Waals surface area contributed by atoms with Crippen molar-refractivity contribution in [1.29, 1.82) is 0 Å². The Morgan fingerprint density at radius 3 is 2.47 bits per heavy atom. The number of benzene rings is 2. The zero-order valence-corrected chi connectivity index (χ0v) is 18.6. The maximum absolute atomic E-state index is 12.9. The summed E-state index contributed by atoms with van der Waals surface area (Å²) in [6.45, 7) is 2.02. The molecule has 3 heterocycles. The van der Waals surface area contributed by atoms with Gasteiger partial charge in [0.1, 0.15) is 11.3 Å². The van der Waals surface area contributed by atoms with Crippen molar-refractivity contribution in [3.8, 4) is 17.1 Å². The van der Waals surface area contributed by atoms with Gasteiger partial charge < -0.3 is 20.0 Å². The van der Waals surface area contributed by atoms with Gasteiger partial charge in [0.05, 0.1) is 5.69 Å². The number of nitrogens with zero attached hydrogens (tertiary/aromatic N) is 4. The maximum atomic E-state index is 12.9. The van der Waals surface area contributed by atoms with Crippen LogP contribution in [0.4, 0.5) is 4.79 Å². The molecule has 0 radical (unpaired) electrons. The summed E-state index contributed by atoms with van der Waals surface area (Å²) >= 11 is 0. The topological polar surface area (TPSA) is 97.6 Å². The van der Waals surface area contributed by atoms with Crippen LogP contribution in [0.2, 0.25) is 0 Å². The molecule has 0 bridgehead atoms. The van der Waals surface area contributed by atoms with Crippen molar-refractivity contribution in [2.24, 2.45) is 5.73 Å². The molecule has 1 aliphatic rings. The molecular weight excluding hydrogens is 430 g/mol. The Bertz CT molecular complexity index is 1320. The van der Waals surface area contributed by atoms with E-state index in [1.54, 1.807) is 26.6 Å². The van der Waals surface area contributed by atoms with Crippen LogP contribution >= 0.6 is 0 Å². The Balaban J connectivity index is 1.45. The first kappa shape index (κ1) is 21.5. The van der Waals surface area contributed by atoms with E-state index < -0.39 is 6.03 Å². The molecule has 2 aromatic carbocycles. The van der Waals surface area contributed by atoms with Crippen molar-refractivity contribution in [2.75, 3.05) is 26.2 Å². The molecule has 4 aromatic rings. The molecule has 0 saturated carbocycles. The monoisotopic (exact) mass is 455 g/mol. The van der Waals surface area contributed by atoms with Gasteiger partial charge in [0.25, 0.3) is 0 Å². The first-order valence-corrected chi connectivity index (χ1v) is 11.2. The van der Waals surface area contributed by atoms with E-state index >= 15 is 0 Å². The quantitative estimate of drug-likeness (QED) is 0.472. The van der Waals surface area contributed by atoms with E-state index in [9.17, 15) is 9.59 Å². The number of nitrogens with two attached hydrogens (primary N) is 1. The highest BCUT2D eigenvalue weighted by Crippen LogP contribution is 2.30. The number of primary amides is 1. The fourth-order valence-corrected chi connectivity index (χ4v) is 4.14. The second-order valence-corrected chi connectivity index (χ2v) is 8.20. The molecule has 34 heavy (non-hydrogen) atoms. The third-order valence-electron chi connectivity index (χ3n) is 5.95. The molecule has 0 spiro atoms. The first-order chi connectivity index (χ1) is 16.6. The number of carbonyl (C=O) groups excluding carboxylic acids is 2. The SMILES string of the molecule is NC(=O)N1CCCN(C(=O)/C=C/c2cn(-c3ccccc3)nc2-c2cc3ccccc3o2)CC1. The van der Waals surface area contributed by atoms with E-state index in [2.05, 4.69) is 0 Å². The predicted molar refractivity (Wildman–Crippen MR) is 130 cm³/mol. The molecule has 172 valence electrons. The minimum absolute atomic E-state index is 0.116. The fraction of sp³-hybridized carbons (Fsp3) is 0.192. The van der Waals surface area contributed by atoms with Crippen molar-refractivity contribution in [2.45, 2.75) is 6.42 Å². The van der Waals surface area contributed by atoms with E-state index in [1.807, 2.05) is 66.9 Å². The minimum atomic E-state index is -0.450. The number of hydrogen-bond donors (Lipinski definition) is 1. The molecule has 5 rings (SSSR count). The Morgan fingerprint density at radius 1 is 0.941 bits per heavy atom. The van der Waals surface area contributed by atoms with E-state index in [-0.39, 0.29) is 5.91 Å². The Kier molecular flexibility index (Phi) is 5.86. The number of hydrogen-bond acceptors (Lipinski definition) is 4. The highest BCUT2D eigenvalue weighted by Gasteiger charge is 2.20. The second kappa shape index (κ2) is 9.27. The lowest BCUT2D eigenvalue weighted by Crippen LogP contribution is -2.39. The second-order valence-electron chi connectivity index (χ2n) is 8.20. The normalized spacial score (nSPS) is 14.6. The number of fused-ring (bicyclic) bond motifs is 1. The highest BCUT2D eigenvalue weighted by atomic mass is 16.3. The molecule has 8 heteroatoms. The van der Waals surface area contributed by atoms with Gasteiger partial charge in [0.2, 0.25) is 5.91 Å². The van der Waals surface area contributed by atoms with Crippen molar-refractivity contribution >= 4 is 29.0 Å². The summed E-state index contributed by atoms with van der Waals surface area (Å²) in [6, 6.07) is 19.1. The van der Waals surface area contributed by atoms with Crippen LogP contribution in [0.3, 0.4) is 0 Å². The number of furan rings is 1. The van der Waals surface area contributed by atoms with Crippen molar-refractivity contribution in [3.05, 3.63) is 78.5 Å². The number of amides is 3. The third-order valence-corrected chi connectivity index (χ3v) is 5.95. The summed E-state index contributed by atoms with van der Waals surface area (Å²) in [6.07, 6.45) is 5.91. The Labute approximate surface area is 196 Å². The van der Waals surface area contributed by atoms with Crippen LogP contribution in [0.1, 0.15) is 12.0 Å². The fourth-order valence-electron chi connectivity index (χ4n) is 4.14. The number of carbonyl (C=O) groups is 2. The van der Waals surface area contributed by atoms with Gasteiger partial charge in [0, 0.05) is 49.4 Å². The van der Waals surface area contributed by atoms with Crippen LogP contribution in [-0.2, 0) is 4.79 Å². The van der Waals surface area contributed by atoms with Crippen LogP contribution in [0, 0.1) is 0 Å². The van der Waals surface area contributed by atoms with Gasteiger partial charge in [-0.2, -0.15) is 5.10 Å². The summed E-state index contributed by atoms with van der Waals surface area (Å²) in [7, 11) is 0. The summed E-state index contributed by atoms with van der Waals surface area (Å²) in [5.74, 6) is 0.518. The molecule has 2 aromatic heterocycles. The smallest absolute Gasteiger partial charge is 0.314 e. The standard InChI is InChI=1S/C26H25N5O3/c27-26(33)30-14-6-13-29(15-16-30)24(32)12-11-20-18-31(21-8-2-1-3-9-21)28-25(20)23-17-19-7-4-5-10-22(19)34-23/h1-5,7-12,17-18H,6,13-16H2,(H2,27,33)/b12-11+. The lowest BCUT2D eigenvalue weighted by atomic mass is 10.1. The van der Waals surface area contributed by atoms with Crippen molar-refractivity contribution in [3.63, 3.8) is 0 Å². The van der Waals surface area contributed by atoms with Gasteiger partial charge in [0.15, 0.2) is 5.76 Å². The van der Waals surface area contributed by atoms with Gasteiger partial charge in [-0.25, -0.2) is 9.48 Å². The van der Waals surface area contributed by atoms with Crippen LogP contribution < -0.4 is 5.73 Å². The van der Waals surface area contributed by atoms with Gasteiger partial charge in [-0.15, -0.1) is 0 Å². The average molecular weight is 456 g/mol. The minimum Gasteiger partial charge on any atom is -0.454 e. The Hall–Kier alpha value is -4.33. The van der Waals surface area contributed by atoms with E-state index in [0.717, 1.165) is 22.2 Å². The summed E-state index contributed by atoms with van der Waals surface area (Å²) in [5, 5.41) is 5.76. The predicted octanol–water partition coefficient (Wildman–Crippen LogP) is 3.91. The number of aromatic nitrogens is 2. The van der Waals surface area contributed by atoms with Crippen LogP contribution in [0.5, 0.6) is 0 Å². The highest BCUT2D eigenvalue weighted by molar-refractivity contribution is 5.93. The van der Waals surface area contributed by atoms with Gasteiger partial charge >= 0.3 is 6.03 Å². The lowest BCUT2D eigenvalue weighted by molar-refractivity contribution is -0.125. The molecule has 8 nitrogen and oxygen atoms in total. The van der Waals surface area contributed by atoms with Crippen molar-refractivity contribution in [1.82, 2.24) is 19.6 Å². The van der Waals surface area contributed by atoms with E-state index in [1.165, 1.54) is 0 Å².